The number of carbonyl (C=O) groups excluding carboxylic acids is 1. The maximum atomic E-state index is 11.3. The zero-order chi connectivity index (χ0) is 9.84. The molecule has 0 radical (unpaired) electrons. The topological polar surface area (TPSA) is 75.1 Å². The third-order valence-electron chi connectivity index (χ3n) is 1.42. The van der Waals surface area contributed by atoms with Crippen molar-refractivity contribution >= 4 is 17.4 Å². The first-order valence-corrected chi connectivity index (χ1v) is 4.64. The van der Waals surface area contributed by atoms with Gasteiger partial charge in [-0.15, -0.1) is 5.10 Å². The van der Waals surface area contributed by atoms with Crippen molar-refractivity contribution in [2.45, 2.75) is 20.0 Å². The van der Waals surface area contributed by atoms with Crippen molar-refractivity contribution in [1.82, 2.24) is 14.9 Å². The summed E-state index contributed by atoms with van der Waals surface area (Å²) in [6, 6.07) is 0. The van der Waals surface area contributed by atoms with Crippen molar-refractivity contribution in [2.75, 3.05) is 6.54 Å². The number of rotatable bonds is 3. The normalized spacial score (nSPS) is 12.5. The first kappa shape index (κ1) is 10.1. The van der Waals surface area contributed by atoms with Gasteiger partial charge >= 0.3 is 0 Å². The SMILES string of the molecule is Cc1nnsc1C(=O)NCC(C)O. The van der Waals surface area contributed by atoms with E-state index in [0.29, 0.717) is 10.6 Å². The molecule has 0 aliphatic heterocycles. The van der Waals surface area contributed by atoms with Crippen LogP contribution in [0.1, 0.15) is 22.3 Å². The van der Waals surface area contributed by atoms with Gasteiger partial charge in [0.25, 0.3) is 5.91 Å². The third kappa shape index (κ3) is 2.74. The molecule has 2 N–H and O–H groups in total. The van der Waals surface area contributed by atoms with E-state index in [2.05, 4.69) is 14.9 Å². The highest BCUT2D eigenvalue weighted by atomic mass is 32.1. The summed E-state index contributed by atoms with van der Waals surface area (Å²) in [6.07, 6.45) is -0.537. The molecule has 6 heteroatoms. The number of hydrogen-bond acceptors (Lipinski definition) is 5. The van der Waals surface area contributed by atoms with Crippen LogP contribution >= 0.6 is 11.5 Å². The number of nitrogens with zero attached hydrogens (tertiary/aromatic N) is 2. The second-order valence-electron chi connectivity index (χ2n) is 2.75. The summed E-state index contributed by atoms with van der Waals surface area (Å²) in [7, 11) is 0. The van der Waals surface area contributed by atoms with Gasteiger partial charge in [0.15, 0.2) is 0 Å². The Morgan fingerprint density at radius 3 is 2.92 bits per heavy atom. The molecule has 1 amide bonds. The van der Waals surface area contributed by atoms with Crippen molar-refractivity contribution in [3.63, 3.8) is 0 Å². The van der Waals surface area contributed by atoms with E-state index in [9.17, 15) is 4.79 Å². The summed E-state index contributed by atoms with van der Waals surface area (Å²) < 4.78 is 3.64. The Morgan fingerprint density at radius 1 is 1.77 bits per heavy atom. The lowest BCUT2D eigenvalue weighted by Gasteiger charge is -2.04. The number of nitrogens with one attached hydrogen (secondary N) is 1. The standard InChI is InChI=1S/C7H11N3O2S/c1-4(11)3-8-7(12)6-5(2)9-10-13-6/h4,11H,3H2,1-2H3,(H,8,12). The summed E-state index contributed by atoms with van der Waals surface area (Å²) in [6.45, 7) is 3.58. The van der Waals surface area contributed by atoms with Gasteiger partial charge in [0.2, 0.25) is 0 Å². The van der Waals surface area contributed by atoms with E-state index in [1.807, 2.05) is 0 Å². The van der Waals surface area contributed by atoms with Crippen LogP contribution in [0.25, 0.3) is 0 Å². The van der Waals surface area contributed by atoms with Gasteiger partial charge in [0.1, 0.15) is 4.88 Å². The maximum Gasteiger partial charge on any atom is 0.265 e. The monoisotopic (exact) mass is 201 g/mol. The Morgan fingerprint density at radius 2 is 2.46 bits per heavy atom. The van der Waals surface area contributed by atoms with Crippen molar-refractivity contribution in [3.8, 4) is 0 Å². The lowest BCUT2D eigenvalue weighted by molar-refractivity contribution is 0.0927. The lowest BCUT2D eigenvalue weighted by atomic mass is 10.3. The van der Waals surface area contributed by atoms with Crippen LogP contribution in [0.5, 0.6) is 0 Å². The molecule has 13 heavy (non-hydrogen) atoms. The summed E-state index contributed by atoms with van der Waals surface area (Å²) in [5.41, 5.74) is 0.619. The van der Waals surface area contributed by atoms with Crippen LogP contribution in [0.15, 0.2) is 0 Å². The van der Waals surface area contributed by atoms with Crippen LogP contribution in [0.4, 0.5) is 0 Å². The molecular weight excluding hydrogens is 190 g/mol. The summed E-state index contributed by atoms with van der Waals surface area (Å²) >= 11 is 1.05. The van der Waals surface area contributed by atoms with E-state index < -0.39 is 6.10 Å². The minimum Gasteiger partial charge on any atom is -0.392 e. The molecule has 1 aromatic rings. The summed E-state index contributed by atoms with van der Waals surface area (Å²) in [5, 5.41) is 15.2. The molecule has 0 fully saturated rings. The first-order chi connectivity index (χ1) is 6.11. The minimum absolute atomic E-state index is 0.228. The van der Waals surface area contributed by atoms with Crippen molar-refractivity contribution in [1.29, 1.82) is 0 Å². The average molecular weight is 201 g/mol. The second kappa shape index (κ2) is 4.29. The first-order valence-electron chi connectivity index (χ1n) is 3.86. The molecule has 0 saturated heterocycles. The predicted octanol–water partition coefficient (Wildman–Crippen LogP) is -0.0429. The molecule has 1 atom stereocenters. The summed E-state index contributed by atoms with van der Waals surface area (Å²) in [5.74, 6) is -0.228. The van der Waals surface area contributed by atoms with Crippen LogP contribution < -0.4 is 5.32 Å². The number of amides is 1. The zero-order valence-electron chi connectivity index (χ0n) is 7.44. The fraction of sp³-hybridized carbons (Fsp3) is 0.571. The van der Waals surface area contributed by atoms with Gasteiger partial charge in [-0.25, -0.2) is 0 Å². The summed E-state index contributed by atoms with van der Waals surface area (Å²) in [4.78, 5) is 11.8. The van der Waals surface area contributed by atoms with E-state index >= 15 is 0 Å². The van der Waals surface area contributed by atoms with Crippen LogP contribution in [0, 0.1) is 6.92 Å². The van der Waals surface area contributed by atoms with Gasteiger partial charge in [0, 0.05) is 6.54 Å². The quantitative estimate of drug-likeness (QED) is 0.719. The molecule has 1 aromatic heterocycles. The van der Waals surface area contributed by atoms with Gasteiger partial charge in [0.05, 0.1) is 11.8 Å². The lowest BCUT2D eigenvalue weighted by Crippen LogP contribution is -2.30. The fourth-order valence-electron chi connectivity index (χ4n) is 0.760. The molecule has 5 nitrogen and oxygen atoms in total. The number of aromatic nitrogens is 2. The van der Waals surface area contributed by atoms with Crippen molar-refractivity contribution in [2.24, 2.45) is 0 Å². The highest BCUT2D eigenvalue weighted by molar-refractivity contribution is 7.07. The fourth-order valence-corrected chi connectivity index (χ4v) is 1.33. The number of hydrogen-bond donors (Lipinski definition) is 2. The molecule has 0 aliphatic carbocycles. The molecule has 1 unspecified atom stereocenters. The molecule has 72 valence electrons. The largest absolute Gasteiger partial charge is 0.392 e. The predicted molar refractivity (Wildman–Crippen MR) is 48.7 cm³/mol. The molecule has 0 aliphatic rings. The smallest absolute Gasteiger partial charge is 0.265 e. The van der Waals surface area contributed by atoms with Crippen LogP contribution in [0.2, 0.25) is 0 Å². The van der Waals surface area contributed by atoms with Crippen molar-refractivity contribution < 1.29 is 9.90 Å². The van der Waals surface area contributed by atoms with Gasteiger partial charge in [-0.3, -0.25) is 4.79 Å². The zero-order valence-corrected chi connectivity index (χ0v) is 8.26. The van der Waals surface area contributed by atoms with Gasteiger partial charge < -0.3 is 10.4 Å². The van der Waals surface area contributed by atoms with Crippen LogP contribution in [-0.2, 0) is 0 Å². The molecule has 0 aromatic carbocycles. The Kier molecular flexibility index (Phi) is 3.32. The molecule has 0 spiro atoms. The van der Waals surface area contributed by atoms with Gasteiger partial charge in [-0.1, -0.05) is 4.49 Å². The van der Waals surface area contributed by atoms with E-state index in [-0.39, 0.29) is 12.5 Å². The number of aliphatic hydroxyl groups is 1. The Bertz CT molecular complexity index is 298. The average Bonchev–Trinajstić information content (AvgIpc) is 2.47. The minimum atomic E-state index is -0.537. The Balaban J connectivity index is 2.54. The number of aliphatic hydroxyl groups excluding tert-OH is 1. The van der Waals surface area contributed by atoms with E-state index in [1.54, 1.807) is 13.8 Å². The molecular formula is C7H11N3O2S. The molecule has 1 heterocycles. The van der Waals surface area contributed by atoms with E-state index in [1.165, 1.54) is 0 Å². The third-order valence-corrected chi connectivity index (χ3v) is 2.24. The highest BCUT2D eigenvalue weighted by Gasteiger charge is 2.12. The van der Waals surface area contributed by atoms with E-state index in [4.69, 9.17) is 5.11 Å². The second-order valence-corrected chi connectivity index (χ2v) is 3.50. The van der Waals surface area contributed by atoms with Gasteiger partial charge in [-0.05, 0) is 25.4 Å². The number of aryl methyl sites for hydroxylation is 1. The molecule has 1 rings (SSSR count). The van der Waals surface area contributed by atoms with Crippen LogP contribution in [0.3, 0.4) is 0 Å². The Hall–Kier alpha value is -1.01. The molecule has 0 bridgehead atoms. The Labute approximate surface area is 80.0 Å². The number of carbonyl (C=O) groups is 1. The maximum absolute atomic E-state index is 11.3. The molecule has 0 saturated carbocycles. The highest BCUT2D eigenvalue weighted by Crippen LogP contribution is 2.07. The van der Waals surface area contributed by atoms with E-state index in [0.717, 1.165) is 11.5 Å². The van der Waals surface area contributed by atoms with Crippen LogP contribution in [-0.4, -0.2) is 33.2 Å². The van der Waals surface area contributed by atoms with Gasteiger partial charge in [-0.2, -0.15) is 0 Å². The van der Waals surface area contributed by atoms with Crippen molar-refractivity contribution in [3.05, 3.63) is 10.6 Å².